The van der Waals surface area contributed by atoms with Crippen LogP contribution in [0.2, 0.25) is 0 Å². The van der Waals surface area contributed by atoms with Crippen LogP contribution in [0.3, 0.4) is 0 Å². The fourth-order valence-corrected chi connectivity index (χ4v) is 4.67. The molecule has 2 rings (SSSR count). The van der Waals surface area contributed by atoms with E-state index in [0.717, 1.165) is 5.56 Å². The van der Waals surface area contributed by atoms with Crippen molar-refractivity contribution >= 4 is 29.8 Å². The first-order chi connectivity index (χ1) is 21.4. The van der Waals surface area contributed by atoms with Gasteiger partial charge in [0.15, 0.2) is 0 Å². The number of rotatable bonds is 14. The SMILES string of the molecule is C=CCN(C(=O)C(CCC(N)=O)NC(=O)OC(C)(C)C)C(C(=O)NC(Cc1ccccc1)C(=O)OC(C)(C)C)c1ccccc1C. The molecule has 11 heteroatoms. The van der Waals surface area contributed by atoms with Gasteiger partial charge in [-0.15, -0.1) is 6.58 Å². The van der Waals surface area contributed by atoms with E-state index in [-0.39, 0.29) is 25.8 Å². The van der Waals surface area contributed by atoms with Gasteiger partial charge in [0.1, 0.15) is 29.3 Å². The Morgan fingerprint density at radius 1 is 0.870 bits per heavy atom. The number of nitrogens with zero attached hydrogens (tertiary/aromatic N) is 1. The van der Waals surface area contributed by atoms with Crippen LogP contribution in [0.15, 0.2) is 67.3 Å². The number of carbonyl (C=O) groups excluding carboxylic acids is 5. The van der Waals surface area contributed by atoms with Gasteiger partial charge in [-0.2, -0.15) is 0 Å². The molecule has 0 aliphatic heterocycles. The van der Waals surface area contributed by atoms with E-state index >= 15 is 0 Å². The van der Waals surface area contributed by atoms with E-state index in [1.54, 1.807) is 72.7 Å². The lowest BCUT2D eigenvalue weighted by Gasteiger charge is -2.35. The van der Waals surface area contributed by atoms with Gasteiger partial charge in [0.05, 0.1) is 0 Å². The predicted octanol–water partition coefficient (Wildman–Crippen LogP) is 4.28. The monoisotopic (exact) mass is 636 g/mol. The number of alkyl carbamates (subject to hydrolysis) is 1. The topological polar surface area (TPSA) is 157 Å². The van der Waals surface area contributed by atoms with Crippen LogP contribution < -0.4 is 16.4 Å². The highest BCUT2D eigenvalue weighted by atomic mass is 16.6. The van der Waals surface area contributed by atoms with Gasteiger partial charge in [0, 0.05) is 19.4 Å². The summed E-state index contributed by atoms with van der Waals surface area (Å²) >= 11 is 0. The minimum absolute atomic E-state index is 0.107. The summed E-state index contributed by atoms with van der Waals surface area (Å²) in [4.78, 5) is 67.7. The summed E-state index contributed by atoms with van der Waals surface area (Å²) in [6.45, 7) is 15.7. The fourth-order valence-electron chi connectivity index (χ4n) is 4.67. The molecule has 3 unspecified atom stereocenters. The quantitative estimate of drug-likeness (QED) is 0.206. The summed E-state index contributed by atoms with van der Waals surface area (Å²) in [5.74, 6) is -2.64. The van der Waals surface area contributed by atoms with Crippen LogP contribution in [0.25, 0.3) is 0 Å². The molecule has 0 aromatic heterocycles. The van der Waals surface area contributed by atoms with Crippen molar-refractivity contribution in [1.82, 2.24) is 15.5 Å². The van der Waals surface area contributed by atoms with Crippen LogP contribution in [-0.2, 0) is 35.1 Å². The molecular weight excluding hydrogens is 588 g/mol. The van der Waals surface area contributed by atoms with Crippen molar-refractivity contribution in [1.29, 1.82) is 0 Å². The summed E-state index contributed by atoms with van der Waals surface area (Å²) < 4.78 is 11.0. The molecule has 0 saturated carbocycles. The Balaban J connectivity index is 2.60. The predicted molar refractivity (Wildman–Crippen MR) is 175 cm³/mol. The van der Waals surface area contributed by atoms with Crippen molar-refractivity contribution in [3.05, 3.63) is 83.9 Å². The minimum atomic E-state index is -1.27. The first-order valence-corrected chi connectivity index (χ1v) is 15.2. The number of aryl methyl sites for hydroxylation is 1. The smallest absolute Gasteiger partial charge is 0.408 e. The molecule has 11 nitrogen and oxygen atoms in total. The second-order valence-corrected chi connectivity index (χ2v) is 13.0. The Labute approximate surface area is 271 Å². The maximum atomic E-state index is 14.4. The maximum Gasteiger partial charge on any atom is 0.408 e. The second kappa shape index (κ2) is 16.6. The van der Waals surface area contributed by atoms with Crippen molar-refractivity contribution in [3.8, 4) is 0 Å². The molecule has 0 aliphatic rings. The van der Waals surface area contributed by atoms with Gasteiger partial charge in [-0.25, -0.2) is 9.59 Å². The molecule has 46 heavy (non-hydrogen) atoms. The Hall–Kier alpha value is -4.67. The van der Waals surface area contributed by atoms with E-state index in [2.05, 4.69) is 17.2 Å². The van der Waals surface area contributed by atoms with Crippen LogP contribution in [-0.4, -0.2) is 64.5 Å². The second-order valence-electron chi connectivity index (χ2n) is 13.0. The number of nitrogens with one attached hydrogen (secondary N) is 2. The third-order valence-electron chi connectivity index (χ3n) is 6.61. The molecule has 3 atom stereocenters. The third kappa shape index (κ3) is 12.4. The fraction of sp³-hybridized carbons (Fsp3) is 0.457. The van der Waals surface area contributed by atoms with E-state index in [1.807, 2.05) is 30.3 Å². The summed E-state index contributed by atoms with van der Waals surface area (Å²) in [7, 11) is 0. The number of esters is 1. The number of primary amides is 1. The van der Waals surface area contributed by atoms with Gasteiger partial charge in [-0.1, -0.05) is 60.7 Å². The molecule has 4 amide bonds. The molecule has 4 N–H and O–H groups in total. The lowest BCUT2D eigenvalue weighted by Crippen LogP contribution is -2.55. The molecule has 0 bridgehead atoms. The van der Waals surface area contributed by atoms with Crippen LogP contribution >= 0.6 is 0 Å². The maximum absolute atomic E-state index is 14.4. The van der Waals surface area contributed by atoms with Crippen LogP contribution in [0.1, 0.15) is 77.1 Å². The third-order valence-corrected chi connectivity index (χ3v) is 6.61. The number of carbonyl (C=O) groups is 5. The van der Waals surface area contributed by atoms with E-state index in [1.165, 1.54) is 11.0 Å². The highest BCUT2D eigenvalue weighted by Gasteiger charge is 2.38. The van der Waals surface area contributed by atoms with E-state index in [9.17, 15) is 24.0 Å². The van der Waals surface area contributed by atoms with Crippen LogP contribution in [0, 0.1) is 6.92 Å². The zero-order valence-electron chi connectivity index (χ0n) is 27.9. The van der Waals surface area contributed by atoms with Crippen LogP contribution in [0.5, 0.6) is 0 Å². The first-order valence-electron chi connectivity index (χ1n) is 15.2. The normalized spacial score (nSPS) is 13.4. The average molecular weight is 637 g/mol. The molecule has 250 valence electrons. The van der Waals surface area contributed by atoms with Gasteiger partial charge in [0.25, 0.3) is 0 Å². The van der Waals surface area contributed by atoms with Crippen molar-refractivity contribution in [2.45, 2.75) is 97.1 Å². The molecule has 0 aliphatic carbocycles. The Kier molecular flexibility index (Phi) is 13.5. The van der Waals surface area contributed by atoms with E-state index in [4.69, 9.17) is 15.2 Å². The summed E-state index contributed by atoms with van der Waals surface area (Å²) in [5, 5.41) is 5.39. The van der Waals surface area contributed by atoms with Crippen LogP contribution in [0.4, 0.5) is 4.79 Å². The molecule has 0 fully saturated rings. The van der Waals surface area contributed by atoms with Gasteiger partial charge >= 0.3 is 12.1 Å². The van der Waals surface area contributed by atoms with Crippen molar-refractivity contribution < 1.29 is 33.4 Å². The summed E-state index contributed by atoms with van der Waals surface area (Å²) in [6.07, 6.45) is 0.354. The number of benzene rings is 2. The molecule has 0 heterocycles. The number of amides is 4. The molecule has 0 saturated heterocycles. The Bertz CT molecular complexity index is 1380. The van der Waals surface area contributed by atoms with Crippen molar-refractivity contribution in [3.63, 3.8) is 0 Å². The molecule has 0 spiro atoms. The molecule has 2 aromatic rings. The highest BCUT2D eigenvalue weighted by molar-refractivity contribution is 5.94. The van der Waals surface area contributed by atoms with Gasteiger partial charge in [-0.05, 0) is 71.6 Å². The number of hydrogen-bond acceptors (Lipinski definition) is 7. The average Bonchev–Trinajstić information content (AvgIpc) is 2.93. The lowest BCUT2D eigenvalue weighted by atomic mass is 9.96. The zero-order valence-corrected chi connectivity index (χ0v) is 27.9. The van der Waals surface area contributed by atoms with Crippen molar-refractivity contribution in [2.24, 2.45) is 5.73 Å². The number of nitrogens with two attached hydrogens (primary N) is 1. The first kappa shape index (κ1) is 37.5. The van der Waals surface area contributed by atoms with Gasteiger partial charge in [0.2, 0.25) is 17.7 Å². The Morgan fingerprint density at radius 3 is 2.00 bits per heavy atom. The summed E-state index contributed by atoms with van der Waals surface area (Å²) in [6, 6.07) is 12.6. The number of hydrogen-bond donors (Lipinski definition) is 3. The van der Waals surface area contributed by atoms with E-state index in [0.29, 0.717) is 11.1 Å². The molecule has 0 radical (unpaired) electrons. The molecular formula is C35H48N4O7. The van der Waals surface area contributed by atoms with Gasteiger partial charge in [-0.3, -0.25) is 14.4 Å². The zero-order chi connectivity index (χ0) is 34.7. The number of ether oxygens (including phenoxy) is 2. The molecule has 2 aromatic carbocycles. The standard InChI is InChI=1S/C35H48N4O7/c1-9-21-39(31(42)26(19-20-28(36)40)38-33(44)46-35(6,7)8)29(25-18-14-13-15-23(25)2)30(41)37-27(32(43)45-34(3,4)5)22-24-16-11-10-12-17-24/h9-18,26-27,29H,1,19-22H2,2-8H3,(H2,36,40)(H,37,41)(H,38,44). The highest BCUT2D eigenvalue weighted by Crippen LogP contribution is 2.27. The van der Waals surface area contributed by atoms with Crippen molar-refractivity contribution in [2.75, 3.05) is 6.54 Å². The van der Waals surface area contributed by atoms with Gasteiger partial charge < -0.3 is 30.7 Å². The Morgan fingerprint density at radius 2 is 1.46 bits per heavy atom. The summed E-state index contributed by atoms with van der Waals surface area (Å²) in [5.41, 5.74) is 5.69. The minimum Gasteiger partial charge on any atom is -0.458 e. The lowest BCUT2D eigenvalue weighted by molar-refractivity contribution is -0.159. The van der Waals surface area contributed by atoms with E-state index < -0.39 is 59.1 Å². The largest absolute Gasteiger partial charge is 0.458 e.